The fourth-order valence-corrected chi connectivity index (χ4v) is 2.05. The smallest absolute Gasteiger partial charge is 0.339 e. The lowest BCUT2D eigenvalue weighted by Crippen LogP contribution is -2.51. The first-order valence-electron chi connectivity index (χ1n) is 5.58. The van der Waals surface area contributed by atoms with Crippen LogP contribution in [0.15, 0.2) is 10.2 Å². The second-order valence-corrected chi connectivity index (χ2v) is 4.40. The summed E-state index contributed by atoms with van der Waals surface area (Å²) in [5, 5.41) is 7.84. The minimum absolute atomic E-state index is 0.0463. The molecule has 17 heavy (non-hydrogen) atoms. The van der Waals surface area contributed by atoms with Gasteiger partial charge >= 0.3 is 11.9 Å². The summed E-state index contributed by atoms with van der Waals surface area (Å²) in [5.41, 5.74) is -1.17. The van der Waals surface area contributed by atoms with Crippen LogP contribution in [0.1, 0.15) is 27.2 Å². The maximum absolute atomic E-state index is 11.9. The molecule has 0 bridgehead atoms. The van der Waals surface area contributed by atoms with Crippen LogP contribution in [0.3, 0.4) is 0 Å². The highest BCUT2D eigenvalue weighted by atomic mass is 16.6. The summed E-state index contributed by atoms with van der Waals surface area (Å²) in [6, 6.07) is 0. The summed E-state index contributed by atoms with van der Waals surface area (Å²) in [7, 11) is 1.29. The summed E-state index contributed by atoms with van der Waals surface area (Å²) in [4.78, 5) is 23.0. The fraction of sp³-hybridized carbons (Fsp3) is 0.818. The summed E-state index contributed by atoms with van der Waals surface area (Å²) < 4.78 is 9.99. The molecule has 0 spiro atoms. The van der Waals surface area contributed by atoms with Crippen molar-refractivity contribution in [3.8, 4) is 0 Å². The van der Waals surface area contributed by atoms with Gasteiger partial charge in [-0.25, -0.2) is 4.79 Å². The molecule has 0 aromatic heterocycles. The molecule has 0 fully saturated rings. The molecule has 0 aromatic rings. The average molecular weight is 242 g/mol. The maximum atomic E-state index is 11.9. The second kappa shape index (κ2) is 5.25. The lowest BCUT2D eigenvalue weighted by molar-refractivity contribution is -0.164. The third kappa shape index (κ3) is 2.62. The van der Waals surface area contributed by atoms with Crippen molar-refractivity contribution in [3.63, 3.8) is 0 Å². The molecule has 0 N–H and O–H groups in total. The Morgan fingerprint density at radius 3 is 2.35 bits per heavy atom. The fourth-order valence-electron chi connectivity index (χ4n) is 2.05. The van der Waals surface area contributed by atoms with E-state index in [2.05, 4.69) is 10.2 Å². The molecule has 0 saturated heterocycles. The van der Waals surface area contributed by atoms with E-state index in [1.807, 2.05) is 13.8 Å². The van der Waals surface area contributed by atoms with E-state index in [0.717, 1.165) is 0 Å². The molecule has 0 unspecified atom stereocenters. The molecule has 0 saturated carbocycles. The molecule has 6 heteroatoms. The van der Waals surface area contributed by atoms with E-state index in [1.165, 1.54) is 14.0 Å². The zero-order chi connectivity index (χ0) is 13.1. The van der Waals surface area contributed by atoms with E-state index in [0.29, 0.717) is 13.0 Å². The monoisotopic (exact) mass is 242 g/mol. The van der Waals surface area contributed by atoms with Crippen molar-refractivity contribution in [3.05, 3.63) is 0 Å². The van der Waals surface area contributed by atoms with E-state index in [1.54, 1.807) is 0 Å². The summed E-state index contributed by atoms with van der Waals surface area (Å²) in [5.74, 6) is -0.983. The normalized spacial score (nSPS) is 24.8. The highest BCUT2D eigenvalue weighted by Crippen LogP contribution is 2.34. The Kier molecular flexibility index (Phi) is 4.20. The lowest BCUT2D eigenvalue weighted by Gasteiger charge is -2.32. The first-order chi connectivity index (χ1) is 7.94. The highest BCUT2D eigenvalue weighted by Gasteiger charge is 2.52. The number of carbonyl (C=O) groups excluding carboxylic acids is 2. The summed E-state index contributed by atoms with van der Waals surface area (Å²) in [6.45, 7) is 5.49. The standard InChI is InChI=1S/C11H18N2O4/c1-7(2)9(17-8(3)14)11(10(15)16-4)5-6-12-13-11/h7,9H,5-6H2,1-4H3/t9-,11+/m1/s1. The van der Waals surface area contributed by atoms with Crippen LogP contribution in [0, 0.1) is 5.92 Å². The molecule has 6 nitrogen and oxygen atoms in total. The number of carbonyl (C=O) groups is 2. The Bertz CT molecular complexity index is 340. The van der Waals surface area contributed by atoms with E-state index in [4.69, 9.17) is 9.47 Å². The Morgan fingerprint density at radius 2 is 2.00 bits per heavy atom. The Hall–Kier alpha value is -1.46. The summed E-state index contributed by atoms with van der Waals surface area (Å²) in [6.07, 6.45) is -0.228. The Labute approximate surface area is 100 Å². The van der Waals surface area contributed by atoms with Crippen LogP contribution >= 0.6 is 0 Å². The van der Waals surface area contributed by atoms with Crippen LogP contribution in [0.25, 0.3) is 0 Å². The van der Waals surface area contributed by atoms with Crippen LogP contribution in [0.2, 0.25) is 0 Å². The van der Waals surface area contributed by atoms with Crippen molar-refractivity contribution in [2.75, 3.05) is 13.7 Å². The predicted molar refractivity (Wildman–Crippen MR) is 59.5 cm³/mol. The number of azo groups is 1. The zero-order valence-corrected chi connectivity index (χ0v) is 10.6. The average Bonchev–Trinajstić information content (AvgIpc) is 2.74. The molecule has 1 aliphatic rings. The predicted octanol–water partition coefficient (Wildman–Crippen LogP) is 1.34. The molecule has 1 rings (SSSR count). The first-order valence-corrected chi connectivity index (χ1v) is 5.58. The SMILES string of the molecule is COC(=O)[C@@]1([C@H](OC(C)=O)C(C)C)CCN=N1. The summed E-state index contributed by atoms with van der Waals surface area (Å²) >= 11 is 0. The first kappa shape index (κ1) is 13.6. The van der Waals surface area contributed by atoms with Crippen LogP contribution in [-0.2, 0) is 19.1 Å². The lowest BCUT2D eigenvalue weighted by atomic mass is 9.84. The van der Waals surface area contributed by atoms with Gasteiger partial charge in [-0.05, 0) is 5.92 Å². The minimum atomic E-state index is -1.17. The molecule has 0 radical (unpaired) electrons. The number of hydrogen-bond acceptors (Lipinski definition) is 6. The highest BCUT2D eigenvalue weighted by molar-refractivity contribution is 5.83. The quantitative estimate of drug-likeness (QED) is 0.697. The van der Waals surface area contributed by atoms with Gasteiger partial charge in [-0.1, -0.05) is 13.8 Å². The molecule has 0 amide bonds. The Balaban J connectivity index is 3.05. The molecule has 1 aliphatic heterocycles. The van der Waals surface area contributed by atoms with Crippen molar-refractivity contribution in [2.45, 2.75) is 38.8 Å². The number of esters is 2. The van der Waals surface area contributed by atoms with Crippen LogP contribution in [0.5, 0.6) is 0 Å². The minimum Gasteiger partial charge on any atom is -0.467 e. The topological polar surface area (TPSA) is 77.3 Å². The zero-order valence-electron chi connectivity index (χ0n) is 10.6. The van der Waals surface area contributed by atoms with E-state index >= 15 is 0 Å². The number of methoxy groups -OCH3 is 1. The van der Waals surface area contributed by atoms with Crippen LogP contribution in [-0.4, -0.2) is 37.2 Å². The van der Waals surface area contributed by atoms with Gasteiger partial charge in [0.25, 0.3) is 0 Å². The van der Waals surface area contributed by atoms with Crippen molar-refractivity contribution in [1.29, 1.82) is 0 Å². The van der Waals surface area contributed by atoms with Gasteiger partial charge in [-0.3, -0.25) is 4.79 Å². The molecule has 1 heterocycles. The largest absolute Gasteiger partial charge is 0.467 e. The molecular formula is C11H18N2O4. The van der Waals surface area contributed by atoms with Gasteiger partial charge in [-0.15, -0.1) is 0 Å². The Morgan fingerprint density at radius 1 is 1.35 bits per heavy atom. The van der Waals surface area contributed by atoms with Crippen molar-refractivity contribution in [2.24, 2.45) is 16.1 Å². The number of nitrogens with zero attached hydrogens (tertiary/aromatic N) is 2. The second-order valence-electron chi connectivity index (χ2n) is 4.40. The van der Waals surface area contributed by atoms with Crippen molar-refractivity contribution in [1.82, 2.24) is 0 Å². The maximum Gasteiger partial charge on any atom is 0.339 e. The van der Waals surface area contributed by atoms with Crippen molar-refractivity contribution >= 4 is 11.9 Å². The van der Waals surface area contributed by atoms with Gasteiger partial charge < -0.3 is 9.47 Å². The molecule has 96 valence electrons. The van der Waals surface area contributed by atoms with Gasteiger partial charge in [0.2, 0.25) is 5.54 Å². The van der Waals surface area contributed by atoms with Gasteiger partial charge in [0.15, 0.2) is 0 Å². The van der Waals surface area contributed by atoms with Crippen LogP contribution < -0.4 is 0 Å². The van der Waals surface area contributed by atoms with E-state index in [9.17, 15) is 9.59 Å². The third-order valence-electron chi connectivity index (χ3n) is 2.75. The molecule has 0 aliphatic carbocycles. The number of rotatable bonds is 4. The molecule has 0 aromatic carbocycles. The van der Waals surface area contributed by atoms with E-state index in [-0.39, 0.29) is 5.92 Å². The number of hydrogen-bond donors (Lipinski definition) is 0. The van der Waals surface area contributed by atoms with Gasteiger partial charge in [0.05, 0.1) is 13.7 Å². The van der Waals surface area contributed by atoms with Crippen molar-refractivity contribution < 1.29 is 19.1 Å². The molecule has 2 atom stereocenters. The van der Waals surface area contributed by atoms with Crippen LogP contribution in [0.4, 0.5) is 0 Å². The van der Waals surface area contributed by atoms with Gasteiger partial charge in [0.1, 0.15) is 6.10 Å². The third-order valence-corrected chi connectivity index (χ3v) is 2.75. The number of ether oxygens (including phenoxy) is 2. The molecular weight excluding hydrogens is 224 g/mol. The van der Waals surface area contributed by atoms with Gasteiger partial charge in [0, 0.05) is 13.3 Å². The van der Waals surface area contributed by atoms with Gasteiger partial charge in [-0.2, -0.15) is 10.2 Å². The van der Waals surface area contributed by atoms with E-state index < -0.39 is 23.6 Å².